The summed E-state index contributed by atoms with van der Waals surface area (Å²) in [4.78, 5) is 24.5. The molecule has 0 aromatic carbocycles. The molecule has 0 aliphatic carbocycles. The van der Waals surface area contributed by atoms with Gasteiger partial charge >= 0.3 is 5.97 Å². The van der Waals surface area contributed by atoms with Gasteiger partial charge in [0.05, 0.1) is 25.4 Å². The van der Waals surface area contributed by atoms with E-state index in [9.17, 15) is 19.8 Å². The summed E-state index contributed by atoms with van der Waals surface area (Å²) in [6.07, 6.45) is 72.4. The van der Waals surface area contributed by atoms with Crippen molar-refractivity contribution in [1.82, 2.24) is 5.32 Å². The van der Waals surface area contributed by atoms with Gasteiger partial charge in [0.1, 0.15) is 0 Å². The quantitative estimate of drug-likeness (QED) is 0.0321. The van der Waals surface area contributed by atoms with Gasteiger partial charge in [0.25, 0.3) is 0 Å². The molecule has 0 rings (SSSR count). The number of aliphatic hydroxyl groups is 2. The van der Waals surface area contributed by atoms with Gasteiger partial charge in [0.2, 0.25) is 5.91 Å². The first kappa shape index (κ1) is 68.6. The molecule has 0 fully saturated rings. The molecule has 0 spiro atoms. The van der Waals surface area contributed by atoms with Crippen LogP contribution in [-0.2, 0) is 14.3 Å². The number of carbonyl (C=O) groups excluding carboxylic acids is 2. The number of unbranched alkanes of at least 4 members (excludes halogenated alkanes) is 47. The SMILES string of the molecule is CCCCCCCCCCCCCCC(=O)OCCCCCCCCCCCCCC/C=C\CCCCCCCCCCCCCCCC(=O)NC(CO)C(O)CCCCCCCCCCCCCC. The summed E-state index contributed by atoms with van der Waals surface area (Å²) in [5.74, 6) is -0.0151. The van der Waals surface area contributed by atoms with Gasteiger partial charge in [0.15, 0.2) is 0 Å². The van der Waals surface area contributed by atoms with Crippen molar-refractivity contribution in [2.24, 2.45) is 0 Å². The maximum Gasteiger partial charge on any atom is 0.305 e. The molecule has 0 saturated heterocycles. The van der Waals surface area contributed by atoms with E-state index < -0.39 is 12.1 Å². The highest BCUT2D eigenvalue weighted by Gasteiger charge is 2.20. The van der Waals surface area contributed by atoms with Gasteiger partial charge < -0.3 is 20.3 Å². The van der Waals surface area contributed by atoms with Gasteiger partial charge in [-0.3, -0.25) is 9.59 Å². The molecule has 2 atom stereocenters. The van der Waals surface area contributed by atoms with Crippen molar-refractivity contribution in [3.8, 4) is 0 Å². The van der Waals surface area contributed by atoms with E-state index in [4.69, 9.17) is 4.74 Å². The fourth-order valence-corrected chi connectivity index (χ4v) is 10.2. The average Bonchev–Trinajstić information content (AvgIpc) is 3.36. The largest absolute Gasteiger partial charge is 0.466 e. The second-order valence-electron chi connectivity index (χ2n) is 22.1. The minimum atomic E-state index is -0.661. The zero-order chi connectivity index (χ0) is 50.7. The van der Waals surface area contributed by atoms with Gasteiger partial charge in [0, 0.05) is 12.8 Å². The first-order valence-corrected chi connectivity index (χ1v) is 31.9. The monoisotopic (exact) mass is 988 g/mol. The standard InChI is InChI=1S/C64H125NO5/c1-3-5-7-9-11-13-15-36-40-44-48-52-56-62(67)61(60-66)65-63(68)57-53-49-45-41-37-34-32-30-28-26-24-22-20-18-17-19-21-23-25-27-29-31-33-35-39-43-47-51-55-59-70-64(69)58-54-50-46-42-38-16-14-12-10-8-6-4-2/h17,19,61-62,66-67H,3-16,18,20-60H2,1-2H3,(H,65,68)/b19-17-. The average molecular weight is 989 g/mol. The first-order chi connectivity index (χ1) is 34.5. The molecule has 0 aromatic heterocycles. The van der Waals surface area contributed by atoms with Crippen molar-refractivity contribution in [3.63, 3.8) is 0 Å². The maximum absolute atomic E-state index is 12.5. The van der Waals surface area contributed by atoms with Crippen LogP contribution < -0.4 is 5.32 Å². The Morgan fingerprint density at radius 1 is 0.386 bits per heavy atom. The smallest absolute Gasteiger partial charge is 0.305 e. The van der Waals surface area contributed by atoms with Gasteiger partial charge in [-0.1, -0.05) is 309 Å². The molecule has 6 nitrogen and oxygen atoms in total. The summed E-state index contributed by atoms with van der Waals surface area (Å²) in [6, 6.07) is -0.539. The molecule has 0 saturated carbocycles. The molecule has 3 N–H and O–H groups in total. The Balaban J connectivity index is 3.35. The number of hydrogen-bond donors (Lipinski definition) is 3. The minimum Gasteiger partial charge on any atom is -0.466 e. The lowest BCUT2D eigenvalue weighted by Gasteiger charge is -2.22. The van der Waals surface area contributed by atoms with Crippen LogP contribution in [0.25, 0.3) is 0 Å². The molecule has 6 heteroatoms. The van der Waals surface area contributed by atoms with E-state index in [0.29, 0.717) is 25.9 Å². The fourth-order valence-electron chi connectivity index (χ4n) is 10.2. The maximum atomic E-state index is 12.5. The van der Waals surface area contributed by atoms with Gasteiger partial charge in [-0.05, 0) is 51.4 Å². The molecule has 0 heterocycles. The predicted molar refractivity (Wildman–Crippen MR) is 306 cm³/mol. The van der Waals surface area contributed by atoms with E-state index >= 15 is 0 Å². The second kappa shape index (κ2) is 60.2. The number of esters is 1. The minimum absolute atomic E-state index is 0.0177. The van der Waals surface area contributed by atoms with Crippen LogP contribution in [0.1, 0.15) is 361 Å². The fraction of sp³-hybridized carbons (Fsp3) is 0.938. The number of aliphatic hydroxyl groups excluding tert-OH is 2. The third kappa shape index (κ3) is 55.9. The lowest BCUT2D eigenvalue weighted by Crippen LogP contribution is -2.45. The highest BCUT2D eigenvalue weighted by atomic mass is 16.5. The summed E-state index contributed by atoms with van der Waals surface area (Å²) in [5.41, 5.74) is 0. The third-order valence-electron chi connectivity index (χ3n) is 15.1. The summed E-state index contributed by atoms with van der Waals surface area (Å²) in [7, 11) is 0. The van der Waals surface area contributed by atoms with E-state index in [-0.39, 0.29) is 18.5 Å². The number of nitrogens with one attached hydrogen (secondary N) is 1. The molecule has 0 aliphatic rings. The normalized spacial score (nSPS) is 12.6. The van der Waals surface area contributed by atoms with Crippen molar-refractivity contribution >= 4 is 11.9 Å². The van der Waals surface area contributed by atoms with E-state index in [1.54, 1.807) is 0 Å². The second-order valence-corrected chi connectivity index (χ2v) is 22.1. The Morgan fingerprint density at radius 2 is 0.671 bits per heavy atom. The molecule has 416 valence electrons. The topological polar surface area (TPSA) is 95.9 Å². The van der Waals surface area contributed by atoms with Crippen LogP contribution in [0.4, 0.5) is 0 Å². The first-order valence-electron chi connectivity index (χ1n) is 31.9. The van der Waals surface area contributed by atoms with Crippen LogP contribution in [0.5, 0.6) is 0 Å². The van der Waals surface area contributed by atoms with Crippen LogP contribution in [0.2, 0.25) is 0 Å². The Kier molecular flexibility index (Phi) is 59.0. The molecular weight excluding hydrogens is 863 g/mol. The molecule has 0 aliphatic heterocycles. The van der Waals surface area contributed by atoms with Crippen molar-refractivity contribution in [3.05, 3.63) is 12.2 Å². The zero-order valence-electron chi connectivity index (χ0n) is 47.5. The Hall–Kier alpha value is -1.40. The van der Waals surface area contributed by atoms with E-state index in [2.05, 4.69) is 31.3 Å². The highest BCUT2D eigenvalue weighted by Crippen LogP contribution is 2.18. The number of hydrogen-bond acceptors (Lipinski definition) is 5. The van der Waals surface area contributed by atoms with Crippen molar-refractivity contribution < 1.29 is 24.5 Å². The van der Waals surface area contributed by atoms with Crippen LogP contribution >= 0.6 is 0 Å². The molecule has 70 heavy (non-hydrogen) atoms. The Labute approximate surface area is 438 Å². The van der Waals surface area contributed by atoms with Crippen molar-refractivity contribution in [2.75, 3.05) is 13.2 Å². The van der Waals surface area contributed by atoms with Crippen LogP contribution in [0.3, 0.4) is 0 Å². The van der Waals surface area contributed by atoms with E-state index in [1.807, 2.05) is 0 Å². The van der Waals surface area contributed by atoms with E-state index in [1.165, 1.54) is 289 Å². The van der Waals surface area contributed by atoms with Gasteiger partial charge in [-0.2, -0.15) is 0 Å². The number of amides is 1. The summed E-state index contributed by atoms with van der Waals surface area (Å²) < 4.78 is 5.48. The summed E-state index contributed by atoms with van der Waals surface area (Å²) >= 11 is 0. The molecule has 1 amide bonds. The predicted octanol–water partition coefficient (Wildman–Crippen LogP) is 20.0. The molecule has 2 unspecified atom stereocenters. The molecule has 0 aromatic rings. The van der Waals surface area contributed by atoms with Crippen LogP contribution in [0.15, 0.2) is 12.2 Å². The molecule has 0 radical (unpaired) electrons. The Bertz CT molecular complexity index is 1050. The molecular formula is C64H125NO5. The number of allylic oxidation sites excluding steroid dienone is 2. The van der Waals surface area contributed by atoms with Crippen LogP contribution in [0, 0.1) is 0 Å². The van der Waals surface area contributed by atoms with Crippen LogP contribution in [-0.4, -0.2) is 47.4 Å². The number of rotatable bonds is 60. The number of ether oxygens (including phenoxy) is 1. The highest BCUT2D eigenvalue weighted by molar-refractivity contribution is 5.76. The van der Waals surface area contributed by atoms with Crippen molar-refractivity contribution in [2.45, 2.75) is 373 Å². The summed E-state index contributed by atoms with van der Waals surface area (Å²) in [5, 5.41) is 23.2. The van der Waals surface area contributed by atoms with Gasteiger partial charge in [-0.15, -0.1) is 0 Å². The number of carbonyl (C=O) groups is 2. The zero-order valence-corrected chi connectivity index (χ0v) is 47.5. The summed E-state index contributed by atoms with van der Waals surface area (Å²) in [6.45, 7) is 4.97. The van der Waals surface area contributed by atoms with Crippen molar-refractivity contribution in [1.29, 1.82) is 0 Å². The lowest BCUT2D eigenvalue weighted by atomic mass is 10.0. The lowest BCUT2D eigenvalue weighted by molar-refractivity contribution is -0.143. The third-order valence-corrected chi connectivity index (χ3v) is 15.1. The van der Waals surface area contributed by atoms with Gasteiger partial charge in [-0.25, -0.2) is 0 Å². The molecule has 0 bridgehead atoms. The Morgan fingerprint density at radius 3 is 1.01 bits per heavy atom. The van der Waals surface area contributed by atoms with E-state index in [0.717, 1.165) is 38.5 Å².